The third-order valence-electron chi connectivity index (χ3n) is 3.93. The Kier molecular flexibility index (Phi) is 5.92. The van der Waals surface area contributed by atoms with Crippen molar-refractivity contribution in [1.29, 1.82) is 0 Å². The lowest BCUT2D eigenvalue weighted by Crippen LogP contribution is -2.44. The van der Waals surface area contributed by atoms with Crippen molar-refractivity contribution in [3.63, 3.8) is 0 Å². The fourth-order valence-electron chi connectivity index (χ4n) is 2.85. The zero-order chi connectivity index (χ0) is 17.0. The highest BCUT2D eigenvalue weighted by Gasteiger charge is 2.33. The SMILES string of the molecule is Cc1ccc(C(=O)NCC2CCCN(CC(F)(F)F)C2)c(Cl)c1. The molecule has 1 aliphatic rings. The monoisotopic (exact) mass is 348 g/mol. The number of rotatable bonds is 4. The van der Waals surface area contributed by atoms with E-state index in [1.165, 1.54) is 4.90 Å². The predicted octanol–water partition coefficient (Wildman–Crippen LogP) is 3.65. The van der Waals surface area contributed by atoms with E-state index in [2.05, 4.69) is 5.32 Å². The van der Waals surface area contributed by atoms with Crippen LogP contribution < -0.4 is 5.32 Å². The van der Waals surface area contributed by atoms with Crippen molar-refractivity contribution in [3.8, 4) is 0 Å². The van der Waals surface area contributed by atoms with Crippen molar-refractivity contribution in [2.75, 3.05) is 26.2 Å². The fraction of sp³-hybridized carbons (Fsp3) is 0.562. The largest absolute Gasteiger partial charge is 0.401 e. The summed E-state index contributed by atoms with van der Waals surface area (Å²) in [5.74, 6) is -0.262. The van der Waals surface area contributed by atoms with E-state index in [1.54, 1.807) is 18.2 Å². The predicted molar refractivity (Wildman–Crippen MR) is 83.7 cm³/mol. The number of amides is 1. The normalized spacial score (nSPS) is 19.6. The van der Waals surface area contributed by atoms with Gasteiger partial charge in [-0.05, 0) is 49.9 Å². The van der Waals surface area contributed by atoms with E-state index in [9.17, 15) is 18.0 Å². The molecule has 1 aromatic carbocycles. The van der Waals surface area contributed by atoms with Gasteiger partial charge in [0.15, 0.2) is 0 Å². The highest BCUT2D eigenvalue weighted by Crippen LogP contribution is 2.22. The van der Waals surface area contributed by atoms with Crippen LogP contribution in [0.3, 0.4) is 0 Å². The second-order valence-electron chi connectivity index (χ2n) is 6.05. The van der Waals surface area contributed by atoms with E-state index >= 15 is 0 Å². The highest BCUT2D eigenvalue weighted by atomic mass is 35.5. The maximum atomic E-state index is 12.5. The quantitative estimate of drug-likeness (QED) is 0.900. The molecule has 1 heterocycles. The third-order valence-corrected chi connectivity index (χ3v) is 4.24. The number of aryl methyl sites for hydroxylation is 1. The molecular formula is C16H20ClF3N2O. The molecule has 0 saturated carbocycles. The number of hydrogen-bond acceptors (Lipinski definition) is 2. The van der Waals surface area contributed by atoms with E-state index in [0.29, 0.717) is 36.6 Å². The first-order valence-corrected chi connectivity index (χ1v) is 7.96. The fourth-order valence-corrected chi connectivity index (χ4v) is 3.17. The molecule has 7 heteroatoms. The molecule has 1 aliphatic heterocycles. The van der Waals surface area contributed by atoms with E-state index in [4.69, 9.17) is 11.6 Å². The summed E-state index contributed by atoms with van der Waals surface area (Å²) in [6.07, 6.45) is -2.65. The summed E-state index contributed by atoms with van der Waals surface area (Å²) in [5, 5.41) is 3.16. The number of benzene rings is 1. The Labute approximate surface area is 138 Å². The van der Waals surface area contributed by atoms with Gasteiger partial charge in [-0.3, -0.25) is 9.69 Å². The van der Waals surface area contributed by atoms with Gasteiger partial charge in [-0.2, -0.15) is 13.2 Å². The average molecular weight is 349 g/mol. The summed E-state index contributed by atoms with van der Waals surface area (Å²) in [5.41, 5.74) is 1.35. The zero-order valence-electron chi connectivity index (χ0n) is 12.9. The average Bonchev–Trinajstić information content (AvgIpc) is 2.43. The van der Waals surface area contributed by atoms with E-state index in [-0.39, 0.29) is 11.8 Å². The molecule has 3 nitrogen and oxygen atoms in total. The van der Waals surface area contributed by atoms with E-state index in [1.807, 2.05) is 6.92 Å². The van der Waals surface area contributed by atoms with Crippen LogP contribution in [0.1, 0.15) is 28.8 Å². The summed E-state index contributed by atoms with van der Waals surface area (Å²) in [7, 11) is 0. The number of nitrogens with one attached hydrogen (secondary N) is 1. The van der Waals surface area contributed by atoms with Gasteiger partial charge in [0.2, 0.25) is 0 Å². The zero-order valence-corrected chi connectivity index (χ0v) is 13.7. The summed E-state index contributed by atoms with van der Waals surface area (Å²) in [6.45, 7) is 2.15. The van der Waals surface area contributed by atoms with Gasteiger partial charge in [-0.25, -0.2) is 0 Å². The summed E-state index contributed by atoms with van der Waals surface area (Å²) in [6, 6.07) is 5.17. The molecule has 128 valence electrons. The Morgan fingerprint density at radius 3 is 2.83 bits per heavy atom. The minimum atomic E-state index is -4.18. The molecule has 0 spiro atoms. The maximum absolute atomic E-state index is 12.5. The number of nitrogens with zero attached hydrogens (tertiary/aromatic N) is 1. The van der Waals surface area contributed by atoms with Crippen LogP contribution in [0, 0.1) is 12.8 Å². The van der Waals surface area contributed by atoms with Crippen LogP contribution >= 0.6 is 11.6 Å². The molecule has 0 radical (unpaired) electrons. The molecule has 1 fully saturated rings. The molecule has 1 aromatic rings. The molecule has 0 aliphatic carbocycles. The van der Waals surface area contributed by atoms with Crippen LogP contribution in [0.2, 0.25) is 5.02 Å². The Balaban J connectivity index is 1.86. The molecule has 23 heavy (non-hydrogen) atoms. The number of carbonyl (C=O) groups excluding carboxylic acids is 1. The molecule has 1 atom stereocenters. The summed E-state index contributed by atoms with van der Waals surface area (Å²) in [4.78, 5) is 13.5. The molecule has 0 aromatic heterocycles. The molecule has 2 rings (SSSR count). The van der Waals surface area contributed by atoms with Gasteiger partial charge < -0.3 is 5.32 Å². The van der Waals surface area contributed by atoms with Gasteiger partial charge in [0.25, 0.3) is 5.91 Å². The van der Waals surface area contributed by atoms with Crippen molar-refractivity contribution in [3.05, 3.63) is 34.3 Å². The summed E-state index contributed by atoms with van der Waals surface area (Å²) >= 11 is 6.05. The van der Waals surface area contributed by atoms with Crippen molar-refractivity contribution < 1.29 is 18.0 Å². The van der Waals surface area contributed by atoms with Crippen molar-refractivity contribution in [2.45, 2.75) is 25.9 Å². The van der Waals surface area contributed by atoms with Gasteiger partial charge in [0, 0.05) is 13.1 Å². The lowest BCUT2D eigenvalue weighted by Gasteiger charge is -2.33. The number of alkyl halides is 3. The number of likely N-dealkylation sites (tertiary alicyclic amines) is 1. The van der Waals surface area contributed by atoms with Crippen LogP contribution in [0.25, 0.3) is 0 Å². The van der Waals surface area contributed by atoms with Crippen molar-refractivity contribution in [1.82, 2.24) is 10.2 Å². The van der Waals surface area contributed by atoms with Crippen LogP contribution in [-0.2, 0) is 0 Å². The molecule has 1 amide bonds. The Hall–Kier alpha value is -1.27. The Morgan fingerprint density at radius 1 is 1.43 bits per heavy atom. The first-order chi connectivity index (χ1) is 10.7. The van der Waals surface area contributed by atoms with E-state index < -0.39 is 12.7 Å². The Bertz CT molecular complexity index is 563. The molecule has 0 bridgehead atoms. The molecule has 1 saturated heterocycles. The Morgan fingerprint density at radius 2 is 2.17 bits per heavy atom. The van der Waals surface area contributed by atoms with E-state index in [0.717, 1.165) is 12.0 Å². The van der Waals surface area contributed by atoms with Crippen LogP contribution in [0.5, 0.6) is 0 Å². The third kappa shape index (κ3) is 5.70. The smallest absolute Gasteiger partial charge is 0.352 e. The lowest BCUT2D eigenvalue weighted by atomic mass is 9.98. The van der Waals surface area contributed by atoms with Crippen LogP contribution in [-0.4, -0.2) is 43.2 Å². The van der Waals surface area contributed by atoms with Gasteiger partial charge in [-0.15, -0.1) is 0 Å². The van der Waals surface area contributed by atoms with Crippen LogP contribution in [0.4, 0.5) is 13.2 Å². The minimum Gasteiger partial charge on any atom is -0.352 e. The molecule has 1 unspecified atom stereocenters. The maximum Gasteiger partial charge on any atom is 0.401 e. The van der Waals surface area contributed by atoms with Crippen LogP contribution in [0.15, 0.2) is 18.2 Å². The van der Waals surface area contributed by atoms with Gasteiger partial charge >= 0.3 is 6.18 Å². The second-order valence-corrected chi connectivity index (χ2v) is 6.46. The molecule has 1 N–H and O–H groups in total. The number of hydrogen-bond donors (Lipinski definition) is 1. The lowest BCUT2D eigenvalue weighted by molar-refractivity contribution is -0.149. The van der Waals surface area contributed by atoms with Gasteiger partial charge in [0.1, 0.15) is 0 Å². The standard InChI is InChI=1S/C16H20ClF3N2O/c1-11-4-5-13(14(17)7-11)15(23)21-8-12-3-2-6-22(9-12)10-16(18,19)20/h4-5,7,12H,2-3,6,8-10H2,1H3,(H,21,23). The highest BCUT2D eigenvalue weighted by molar-refractivity contribution is 6.33. The van der Waals surface area contributed by atoms with Crippen molar-refractivity contribution in [2.24, 2.45) is 5.92 Å². The number of piperidine rings is 1. The van der Waals surface area contributed by atoms with Gasteiger partial charge in [-0.1, -0.05) is 17.7 Å². The number of carbonyl (C=O) groups is 1. The minimum absolute atomic E-state index is 0.0271. The molecular weight excluding hydrogens is 329 g/mol. The topological polar surface area (TPSA) is 32.3 Å². The van der Waals surface area contributed by atoms with Crippen molar-refractivity contribution >= 4 is 17.5 Å². The second kappa shape index (κ2) is 7.53. The van der Waals surface area contributed by atoms with Gasteiger partial charge in [0.05, 0.1) is 17.1 Å². The summed E-state index contributed by atoms with van der Waals surface area (Å²) < 4.78 is 37.4. The first kappa shape index (κ1) is 18.1. The first-order valence-electron chi connectivity index (χ1n) is 7.58. The number of halogens is 4.